The lowest BCUT2D eigenvalue weighted by Gasteiger charge is -1.98. The van der Waals surface area contributed by atoms with Gasteiger partial charge in [0.1, 0.15) is 0 Å². The Balaban J connectivity index is 3.35. The van der Waals surface area contributed by atoms with Crippen molar-refractivity contribution in [3.05, 3.63) is 12.7 Å². The van der Waals surface area contributed by atoms with Crippen LogP contribution in [0, 0.1) is 0 Å². The highest BCUT2D eigenvalue weighted by atomic mass is 14.7. The number of rotatable bonds is 4. The van der Waals surface area contributed by atoms with E-state index in [2.05, 4.69) is 25.4 Å². The summed E-state index contributed by atoms with van der Waals surface area (Å²) in [4.78, 5) is 4.24. The predicted octanol–water partition coefficient (Wildman–Crippen LogP) is 2.43. The van der Waals surface area contributed by atoms with Crippen molar-refractivity contribution >= 4 is 6.21 Å². The minimum Gasteiger partial charge on any atom is -0.294 e. The largest absolute Gasteiger partial charge is 0.294 e. The van der Waals surface area contributed by atoms with Gasteiger partial charge in [-0.15, -0.1) is 6.58 Å². The molecule has 0 aromatic carbocycles. The Morgan fingerprint density at radius 1 is 1.67 bits per heavy atom. The summed E-state index contributed by atoms with van der Waals surface area (Å²) in [6, 6.07) is 0.419. The Labute approximate surface area is 57.5 Å². The van der Waals surface area contributed by atoms with Crippen LogP contribution in [0.3, 0.4) is 0 Å². The number of aliphatic imine (C=N–C) groups is 1. The molecule has 0 aromatic rings. The molecule has 0 bridgehead atoms. The van der Waals surface area contributed by atoms with E-state index in [1.807, 2.05) is 12.3 Å². The van der Waals surface area contributed by atoms with Crippen molar-refractivity contribution in [1.29, 1.82) is 0 Å². The second kappa shape index (κ2) is 5.54. The number of hydrogen-bond donors (Lipinski definition) is 0. The van der Waals surface area contributed by atoms with E-state index in [-0.39, 0.29) is 0 Å². The molecule has 0 rings (SSSR count). The van der Waals surface area contributed by atoms with Gasteiger partial charge in [0.05, 0.1) is 6.04 Å². The molecule has 0 aromatic heterocycles. The van der Waals surface area contributed by atoms with Crippen LogP contribution in [0.1, 0.15) is 26.7 Å². The maximum absolute atomic E-state index is 4.24. The zero-order chi connectivity index (χ0) is 7.11. The number of nitrogens with zero attached hydrogens (tertiary/aromatic N) is 1. The van der Waals surface area contributed by atoms with Crippen LogP contribution in [0.5, 0.6) is 0 Å². The Morgan fingerprint density at radius 3 is 2.78 bits per heavy atom. The average Bonchev–Trinajstić information content (AvgIpc) is 1.85. The maximum Gasteiger partial charge on any atom is 0.0501 e. The fraction of sp³-hybridized carbons (Fsp3) is 0.625. The van der Waals surface area contributed by atoms with E-state index in [1.165, 1.54) is 0 Å². The Kier molecular flexibility index (Phi) is 5.18. The summed E-state index contributed by atoms with van der Waals surface area (Å²) in [6.07, 6.45) is 5.86. The molecule has 1 atom stereocenters. The SMILES string of the molecule is C=CCC(C)/N=C/CC. The fourth-order valence-electron chi connectivity index (χ4n) is 0.587. The van der Waals surface area contributed by atoms with Crippen LogP contribution in [0.2, 0.25) is 0 Å². The van der Waals surface area contributed by atoms with Gasteiger partial charge < -0.3 is 0 Å². The molecule has 1 heteroatoms. The Bertz CT molecular complexity index is 94.7. The normalized spacial score (nSPS) is 14.0. The summed E-state index contributed by atoms with van der Waals surface area (Å²) >= 11 is 0. The lowest BCUT2D eigenvalue weighted by molar-refractivity contribution is 0.762. The molecule has 1 unspecified atom stereocenters. The number of hydrogen-bond acceptors (Lipinski definition) is 1. The molecule has 0 fully saturated rings. The second-order valence-corrected chi connectivity index (χ2v) is 2.11. The van der Waals surface area contributed by atoms with E-state index in [1.54, 1.807) is 0 Å². The molecule has 0 saturated heterocycles. The molecule has 9 heavy (non-hydrogen) atoms. The summed E-state index contributed by atoms with van der Waals surface area (Å²) in [5.74, 6) is 0. The highest BCUT2D eigenvalue weighted by Gasteiger charge is 1.89. The molecule has 52 valence electrons. The van der Waals surface area contributed by atoms with Crippen LogP contribution in [0.4, 0.5) is 0 Å². The first-order chi connectivity index (χ1) is 4.31. The van der Waals surface area contributed by atoms with Crippen molar-refractivity contribution in [3.8, 4) is 0 Å². The fourth-order valence-corrected chi connectivity index (χ4v) is 0.587. The molecule has 0 spiro atoms. The zero-order valence-electron chi connectivity index (χ0n) is 6.30. The molecule has 0 aliphatic carbocycles. The standard InChI is InChI=1S/C8H15N/c1-4-6-8(3)9-7-5-2/h4,7-8H,1,5-6H2,2-3H3/b9-7+. The first-order valence-electron chi connectivity index (χ1n) is 3.43. The molecule has 0 aliphatic heterocycles. The van der Waals surface area contributed by atoms with Crippen molar-refractivity contribution in [3.63, 3.8) is 0 Å². The quantitative estimate of drug-likeness (QED) is 0.404. The van der Waals surface area contributed by atoms with Gasteiger partial charge in [0.2, 0.25) is 0 Å². The third-order valence-corrected chi connectivity index (χ3v) is 1.05. The van der Waals surface area contributed by atoms with E-state index in [0.29, 0.717) is 6.04 Å². The van der Waals surface area contributed by atoms with E-state index in [4.69, 9.17) is 0 Å². The molecule has 0 saturated carbocycles. The van der Waals surface area contributed by atoms with E-state index in [0.717, 1.165) is 12.8 Å². The Hall–Kier alpha value is -0.590. The van der Waals surface area contributed by atoms with Gasteiger partial charge in [0.25, 0.3) is 0 Å². The Morgan fingerprint density at radius 2 is 2.33 bits per heavy atom. The van der Waals surface area contributed by atoms with Crippen molar-refractivity contribution in [1.82, 2.24) is 0 Å². The summed E-state index contributed by atoms with van der Waals surface area (Å²) in [6.45, 7) is 7.81. The summed E-state index contributed by atoms with van der Waals surface area (Å²) < 4.78 is 0. The van der Waals surface area contributed by atoms with Gasteiger partial charge in [-0.25, -0.2) is 0 Å². The first kappa shape index (κ1) is 8.41. The van der Waals surface area contributed by atoms with Crippen LogP contribution in [0.25, 0.3) is 0 Å². The third-order valence-electron chi connectivity index (χ3n) is 1.05. The molecule has 0 radical (unpaired) electrons. The smallest absolute Gasteiger partial charge is 0.0501 e. The van der Waals surface area contributed by atoms with E-state index in [9.17, 15) is 0 Å². The van der Waals surface area contributed by atoms with Crippen LogP contribution >= 0.6 is 0 Å². The average molecular weight is 125 g/mol. The van der Waals surface area contributed by atoms with Gasteiger partial charge in [-0.2, -0.15) is 0 Å². The van der Waals surface area contributed by atoms with Crippen molar-refractivity contribution in [2.75, 3.05) is 0 Å². The minimum atomic E-state index is 0.419. The second-order valence-electron chi connectivity index (χ2n) is 2.11. The van der Waals surface area contributed by atoms with Crippen LogP contribution in [-0.2, 0) is 0 Å². The van der Waals surface area contributed by atoms with Crippen molar-refractivity contribution in [2.24, 2.45) is 4.99 Å². The monoisotopic (exact) mass is 125 g/mol. The van der Waals surface area contributed by atoms with Crippen LogP contribution in [-0.4, -0.2) is 12.3 Å². The maximum atomic E-state index is 4.24. The molecule has 1 nitrogen and oxygen atoms in total. The highest BCUT2D eigenvalue weighted by Crippen LogP contribution is 1.95. The molecule has 0 heterocycles. The van der Waals surface area contributed by atoms with Gasteiger partial charge in [0.15, 0.2) is 0 Å². The van der Waals surface area contributed by atoms with Crippen LogP contribution < -0.4 is 0 Å². The zero-order valence-corrected chi connectivity index (χ0v) is 6.30. The predicted molar refractivity (Wildman–Crippen MR) is 43.1 cm³/mol. The molecule has 0 N–H and O–H groups in total. The van der Waals surface area contributed by atoms with Gasteiger partial charge in [-0.1, -0.05) is 13.0 Å². The van der Waals surface area contributed by atoms with E-state index >= 15 is 0 Å². The van der Waals surface area contributed by atoms with Crippen molar-refractivity contribution < 1.29 is 0 Å². The lowest BCUT2D eigenvalue weighted by Crippen LogP contribution is -1.94. The molecule has 0 aliphatic rings. The molecular formula is C8H15N. The third kappa shape index (κ3) is 5.28. The first-order valence-corrected chi connectivity index (χ1v) is 3.43. The van der Waals surface area contributed by atoms with Gasteiger partial charge in [-0.05, 0) is 26.0 Å². The van der Waals surface area contributed by atoms with Gasteiger partial charge in [-0.3, -0.25) is 4.99 Å². The van der Waals surface area contributed by atoms with E-state index < -0.39 is 0 Å². The van der Waals surface area contributed by atoms with Gasteiger partial charge in [0, 0.05) is 0 Å². The highest BCUT2D eigenvalue weighted by molar-refractivity contribution is 5.56. The van der Waals surface area contributed by atoms with Crippen LogP contribution in [0.15, 0.2) is 17.6 Å². The summed E-state index contributed by atoms with van der Waals surface area (Å²) in [5.41, 5.74) is 0. The summed E-state index contributed by atoms with van der Waals surface area (Å²) in [5, 5.41) is 0. The van der Waals surface area contributed by atoms with Crippen molar-refractivity contribution in [2.45, 2.75) is 32.7 Å². The molecule has 0 amide bonds. The summed E-state index contributed by atoms with van der Waals surface area (Å²) in [7, 11) is 0. The topological polar surface area (TPSA) is 12.4 Å². The molecular weight excluding hydrogens is 110 g/mol. The van der Waals surface area contributed by atoms with Gasteiger partial charge >= 0.3 is 0 Å². The lowest BCUT2D eigenvalue weighted by atomic mass is 10.2. The minimum absolute atomic E-state index is 0.419.